The Morgan fingerprint density at radius 1 is 1.23 bits per heavy atom. The number of carbonyl (C=O) groups excluding carboxylic acids is 2. The fourth-order valence-electron chi connectivity index (χ4n) is 4.35. The van der Waals surface area contributed by atoms with Crippen LogP contribution in [0.5, 0.6) is 0 Å². The Bertz CT molecular complexity index is 1150. The van der Waals surface area contributed by atoms with Gasteiger partial charge in [-0.15, -0.1) is 0 Å². The molecule has 0 aromatic carbocycles. The van der Waals surface area contributed by atoms with E-state index in [1.54, 1.807) is 10.9 Å². The van der Waals surface area contributed by atoms with Crippen LogP contribution in [0, 0.1) is 12.8 Å². The Labute approximate surface area is 180 Å². The van der Waals surface area contributed by atoms with Gasteiger partial charge >= 0.3 is 0 Å². The Kier molecular flexibility index (Phi) is 4.92. The first-order chi connectivity index (χ1) is 15.0. The van der Waals surface area contributed by atoms with Crippen molar-refractivity contribution in [2.75, 3.05) is 19.6 Å². The van der Waals surface area contributed by atoms with Crippen molar-refractivity contribution in [3.63, 3.8) is 0 Å². The van der Waals surface area contributed by atoms with Crippen molar-refractivity contribution in [3.05, 3.63) is 47.4 Å². The van der Waals surface area contributed by atoms with Crippen LogP contribution in [0.3, 0.4) is 0 Å². The molecule has 1 saturated carbocycles. The summed E-state index contributed by atoms with van der Waals surface area (Å²) in [5.41, 5.74) is 3.10. The molecule has 1 unspecified atom stereocenters. The molecule has 1 atom stereocenters. The number of hydrogen-bond acceptors (Lipinski definition) is 5. The number of hydrogen-bond donors (Lipinski definition) is 1. The highest BCUT2D eigenvalue weighted by Crippen LogP contribution is 2.41. The topological polar surface area (TPSA) is 93.0 Å². The van der Waals surface area contributed by atoms with E-state index in [1.165, 1.54) is 6.92 Å². The lowest BCUT2D eigenvalue weighted by Crippen LogP contribution is -2.32. The maximum atomic E-state index is 13.6. The van der Waals surface area contributed by atoms with E-state index >= 15 is 0 Å². The molecule has 1 saturated heterocycles. The number of aromatic nitrogens is 4. The number of pyridine rings is 2. The maximum absolute atomic E-state index is 13.6. The lowest BCUT2D eigenvalue weighted by atomic mass is 10.1. The summed E-state index contributed by atoms with van der Waals surface area (Å²) in [4.78, 5) is 36.1. The van der Waals surface area contributed by atoms with Crippen molar-refractivity contribution < 1.29 is 9.59 Å². The highest BCUT2D eigenvalue weighted by Gasteiger charge is 2.32. The maximum Gasteiger partial charge on any atom is 0.254 e. The molecular weight excluding hydrogens is 392 g/mol. The van der Waals surface area contributed by atoms with Crippen LogP contribution in [0.2, 0.25) is 0 Å². The second-order valence-corrected chi connectivity index (χ2v) is 8.60. The van der Waals surface area contributed by atoms with Crippen LogP contribution in [0.4, 0.5) is 0 Å². The van der Waals surface area contributed by atoms with Crippen molar-refractivity contribution in [3.8, 4) is 5.82 Å². The molecule has 2 amide bonds. The molecule has 2 aliphatic rings. The summed E-state index contributed by atoms with van der Waals surface area (Å²) in [6.45, 7) is 5.39. The van der Waals surface area contributed by atoms with Gasteiger partial charge in [-0.3, -0.25) is 9.59 Å². The fraction of sp³-hybridized carbons (Fsp3) is 0.435. The number of fused-ring (bicyclic) bond motifs is 1. The van der Waals surface area contributed by atoms with Crippen LogP contribution < -0.4 is 5.32 Å². The summed E-state index contributed by atoms with van der Waals surface area (Å²) >= 11 is 0. The van der Waals surface area contributed by atoms with Gasteiger partial charge < -0.3 is 10.2 Å². The molecule has 8 heteroatoms. The number of likely N-dealkylation sites (tertiary alicyclic amines) is 1. The zero-order valence-corrected chi connectivity index (χ0v) is 17.8. The van der Waals surface area contributed by atoms with E-state index in [0.29, 0.717) is 42.6 Å². The zero-order valence-electron chi connectivity index (χ0n) is 17.8. The van der Waals surface area contributed by atoms with Gasteiger partial charge in [-0.1, -0.05) is 6.07 Å². The van der Waals surface area contributed by atoms with Gasteiger partial charge in [0, 0.05) is 44.4 Å². The van der Waals surface area contributed by atoms with Crippen molar-refractivity contribution in [2.24, 2.45) is 5.92 Å². The van der Waals surface area contributed by atoms with Gasteiger partial charge in [0.25, 0.3) is 5.91 Å². The molecule has 3 aromatic rings. The Morgan fingerprint density at radius 3 is 2.77 bits per heavy atom. The van der Waals surface area contributed by atoms with Gasteiger partial charge in [-0.2, -0.15) is 9.78 Å². The standard InChI is InChI=1S/C23H26N6O2/c1-14-21-18(23(31)28-10-8-16(13-28)12-25-15(2)30)11-19(17-6-7-17)26-22(21)29(27-14)20-5-3-4-9-24-20/h3-5,9,11,16-17H,6-8,10,12-13H2,1-2H3,(H,25,30). The molecule has 0 bridgehead atoms. The molecular formula is C23H26N6O2. The number of aryl methyl sites for hydroxylation is 1. The van der Waals surface area contributed by atoms with Gasteiger partial charge in [-0.05, 0) is 50.3 Å². The van der Waals surface area contributed by atoms with E-state index < -0.39 is 0 Å². The van der Waals surface area contributed by atoms with Gasteiger partial charge in [0.05, 0.1) is 16.6 Å². The van der Waals surface area contributed by atoms with Crippen LogP contribution in [0.25, 0.3) is 16.9 Å². The number of amides is 2. The summed E-state index contributed by atoms with van der Waals surface area (Å²) in [6.07, 6.45) is 4.83. The van der Waals surface area contributed by atoms with E-state index in [4.69, 9.17) is 4.98 Å². The van der Waals surface area contributed by atoms with Crippen LogP contribution in [0.1, 0.15) is 53.8 Å². The third kappa shape index (κ3) is 3.78. The highest BCUT2D eigenvalue weighted by molar-refractivity contribution is 6.07. The van der Waals surface area contributed by atoms with Gasteiger partial charge in [0.2, 0.25) is 5.91 Å². The van der Waals surface area contributed by atoms with E-state index in [0.717, 1.165) is 36.0 Å². The first-order valence-corrected chi connectivity index (χ1v) is 10.9. The second-order valence-electron chi connectivity index (χ2n) is 8.60. The molecule has 8 nitrogen and oxygen atoms in total. The summed E-state index contributed by atoms with van der Waals surface area (Å²) in [5.74, 6) is 1.37. The average molecular weight is 419 g/mol. The lowest BCUT2D eigenvalue weighted by Gasteiger charge is -2.18. The highest BCUT2D eigenvalue weighted by atomic mass is 16.2. The first kappa shape index (κ1) is 19.7. The van der Waals surface area contributed by atoms with Crippen molar-refractivity contribution >= 4 is 22.8 Å². The first-order valence-electron chi connectivity index (χ1n) is 10.9. The summed E-state index contributed by atoms with van der Waals surface area (Å²) in [7, 11) is 0. The van der Waals surface area contributed by atoms with Crippen LogP contribution in [-0.2, 0) is 4.79 Å². The third-order valence-corrected chi connectivity index (χ3v) is 6.14. The predicted molar refractivity (Wildman–Crippen MR) is 116 cm³/mol. The van der Waals surface area contributed by atoms with Gasteiger partial charge in [0.15, 0.2) is 11.5 Å². The quantitative estimate of drug-likeness (QED) is 0.688. The van der Waals surface area contributed by atoms with Crippen molar-refractivity contribution in [1.82, 2.24) is 30.0 Å². The summed E-state index contributed by atoms with van der Waals surface area (Å²) in [6, 6.07) is 7.65. The Hall–Kier alpha value is -3.29. The molecule has 2 fully saturated rings. The number of carbonyl (C=O) groups is 2. The summed E-state index contributed by atoms with van der Waals surface area (Å²) in [5, 5.41) is 8.36. The van der Waals surface area contributed by atoms with Crippen molar-refractivity contribution in [2.45, 2.75) is 39.0 Å². The monoisotopic (exact) mass is 418 g/mol. The molecule has 5 rings (SSSR count). The molecule has 160 valence electrons. The smallest absolute Gasteiger partial charge is 0.254 e. The molecule has 3 aromatic heterocycles. The van der Waals surface area contributed by atoms with E-state index in [9.17, 15) is 9.59 Å². The molecule has 4 heterocycles. The van der Waals surface area contributed by atoms with Crippen LogP contribution >= 0.6 is 0 Å². The summed E-state index contributed by atoms with van der Waals surface area (Å²) < 4.78 is 1.75. The van der Waals surface area contributed by atoms with E-state index in [-0.39, 0.29) is 17.7 Å². The van der Waals surface area contributed by atoms with E-state index in [2.05, 4.69) is 15.4 Å². The van der Waals surface area contributed by atoms with Crippen LogP contribution in [0.15, 0.2) is 30.5 Å². The van der Waals surface area contributed by atoms with Crippen LogP contribution in [-0.4, -0.2) is 56.1 Å². The normalized spacial score (nSPS) is 18.5. The Morgan fingerprint density at radius 2 is 2.06 bits per heavy atom. The zero-order chi connectivity index (χ0) is 21.5. The molecule has 1 aliphatic carbocycles. The molecule has 31 heavy (non-hydrogen) atoms. The number of nitrogens with one attached hydrogen (secondary N) is 1. The number of rotatable bonds is 5. The molecule has 0 radical (unpaired) electrons. The largest absolute Gasteiger partial charge is 0.356 e. The fourth-order valence-corrected chi connectivity index (χ4v) is 4.35. The minimum absolute atomic E-state index is 0.0169. The number of nitrogens with zero attached hydrogens (tertiary/aromatic N) is 5. The third-order valence-electron chi connectivity index (χ3n) is 6.14. The minimum atomic E-state index is -0.0349. The molecule has 0 spiro atoms. The van der Waals surface area contributed by atoms with Gasteiger partial charge in [-0.25, -0.2) is 9.97 Å². The lowest BCUT2D eigenvalue weighted by molar-refractivity contribution is -0.119. The Balaban J connectivity index is 1.53. The molecule has 1 N–H and O–H groups in total. The molecule has 1 aliphatic heterocycles. The second kappa shape index (κ2) is 7.76. The predicted octanol–water partition coefficient (Wildman–Crippen LogP) is 2.60. The minimum Gasteiger partial charge on any atom is -0.356 e. The van der Waals surface area contributed by atoms with E-state index in [1.807, 2.05) is 36.1 Å². The van der Waals surface area contributed by atoms with Gasteiger partial charge in [0.1, 0.15) is 0 Å². The van der Waals surface area contributed by atoms with Crippen molar-refractivity contribution in [1.29, 1.82) is 0 Å². The SMILES string of the molecule is CC(=O)NCC1CCN(C(=O)c2cc(C3CC3)nc3c2c(C)nn3-c2ccccn2)C1. The average Bonchev–Trinajstić information content (AvgIpc) is 3.43.